The summed E-state index contributed by atoms with van der Waals surface area (Å²) in [5.41, 5.74) is 4.16. The molecule has 0 unspecified atom stereocenters. The molecule has 0 spiro atoms. The molecule has 0 aliphatic carbocycles. The van der Waals surface area contributed by atoms with Crippen molar-refractivity contribution in [1.29, 1.82) is 0 Å². The first-order chi connectivity index (χ1) is 13.6. The Bertz CT molecular complexity index is 970. The lowest BCUT2D eigenvalue weighted by Crippen LogP contribution is -2.03. The third-order valence-corrected chi connectivity index (χ3v) is 4.30. The van der Waals surface area contributed by atoms with Crippen molar-refractivity contribution >= 4 is 12.0 Å². The molecule has 0 heterocycles. The van der Waals surface area contributed by atoms with Gasteiger partial charge in [0.15, 0.2) is 0 Å². The molecule has 0 bridgehead atoms. The molecular formula is C24H22O4. The molecular weight excluding hydrogens is 352 g/mol. The maximum absolute atomic E-state index is 12.1. The minimum absolute atomic E-state index is 0.457. The highest BCUT2D eigenvalue weighted by molar-refractivity contribution is 5.89. The number of aryl methyl sites for hydroxylation is 1. The monoisotopic (exact) mass is 374 g/mol. The second kappa shape index (κ2) is 8.91. The minimum atomic E-state index is -0.457. The SMILES string of the molecule is COc1ccc(/C=C/C(=O)Oc2ccc(-c3ccc(C)cc3)cc2)c(OC)c1. The number of carbonyl (C=O) groups is 1. The fraction of sp³-hybridized carbons (Fsp3) is 0.125. The zero-order valence-electron chi connectivity index (χ0n) is 16.1. The van der Waals surface area contributed by atoms with Gasteiger partial charge >= 0.3 is 5.97 Å². The Kier molecular flexibility index (Phi) is 6.12. The van der Waals surface area contributed by atoms with E-state index in [1.54, 1.807) is 44.6 Å². The van der Waals surface area contributed by atoms with E-state index in [0.717, 1.165) is 16.7 Å². The number of methoxy groups -OCH3 is 2. The van der Waals surface area contributed by atoms with Gasteiger partial charge in [0.2, 0.25) is 0 Å². The van der Waals surface area contributed by atoms with E-state index >= 15 is 0 Å². The van der Waals surface area contributed by atoms with Crippen molar-refractivity contribution in [2.75, 3.05) is 14.2 Å². The van der Waals surface area contributed by atoms with Crippen LogP contribution in [0.25, 0.3) is 17.2 Å². The molecule has 4 nitrogen and oxygen atoms in total. The lowest BCUT2D eigenvalue weighted by Gasteiger charge is -2.07. The van der Waals surface area contributed by atoms with Gasteiger partial charge in [0.1, 0.15) is 17.2 Å². The van der Waals surface area contributed by atoms with Crippen LogP contribution in [0.3, 0.4) is 0 Å². The molecule has 0 aliphatic rings. The molecule has 4 heteroatoms. The summed E-state index contributed by atoms with van der Waals surface area (Å²) in [6.07, 6.45) is 3.03. The Labute approximate surface area is 165 Å². The van der Waals surface area contributed by atoms with Crippen molar-refractivity contribution in [2.24, 2.45) is 0 Å². The van der Waals surface area contributed by atoms with Crippen molar-refractivity contribution in [2.45, 2.75) is 6.92 Å². The summed E-state index contributed by atoms with van der Waals surface area (Å²) in [6.45, 7) is 2.06. The van der Waals surface area contributed by atoms with Gasteiger partial charge in [-0.15, -0.1) is 0 Å². The van der Waals surface area contributed by atoms with Gasteiger partial charge in [0, 0.05) is 17.7 Å². The normalized spacial score (nSPS) is 10.7. The second-order valence-electron chi connectivity index (χ2n) is 6.25. The van der Waals surface area contributed by atoms with Crippen LogP contribution in [0.15, 0.2) is 72.8 Å². The van der Waals surface area contributed by atoms with Crippen LogP contribution in [0.1, 0.15) is 11.1 Å². The van der Waals surface area contributed by atoms with Gasteiger partial charge in [-0.25, -0.2) is 4.79 Å². The fourth-order valence-electron chi connectivity index (χ4n) is 2.73. The van der Waals surface area contributed by atoms with Gasteiger partial charge in [0.05, 0.1) is 14.2 Å². The minimum Gasteiger partial charge on any atom is -0.497 e. The molecule has 3 rings (SSSR count). The summed E-state index contributed by atoms with van der Waals surface area (Å²) in [6, 6.07) is 21.1. The lowest BCUT2D eigenvalue weighted by molar-refractivity contribution is -0.128. The van der Waals surface area contributed by atoms with Crippen molar-refractivity contribution in [3.8, 4) is 28.4 Å². The summed E-state index contributed by atoms with van der Waals surface area (Å²) in [7, 11) is 3.16. The molecule has 0 amide bonds. The predicted octanol–water partition coefficient (Wildman–Crippen LogP) is 5.30. The Morgan fingerprint density at radius 2 is 1.39 bits per heavy atom. The zero-order chi connectivity index (χ0) is 19.9. The number of hydrogen-bond donors (Lipinski definition) is 0. The maximum atomic E-state index is 12.1. The molecule has 0 radical (unpaired) electrons. The molecule has 0 saturated heterocycles. The van der Waals surface area contributed by atoms with E-state index in [9.17, 15) is 4.79 Å². The highest BCUT2D eigenvalue weighted by Crippen LogP contribution is 2.26. The van der Waals surface area contributed by atoms with Gasteiger partial charge in [-0.05, 0) is 48.4 Å². The Morgan fingerprint density at radius 3 is 2.00 bits per heavy atom. The van der Waals surface area contributed by atoms with E-state index in [2.05, 4.69) is 31.2 Å². The molecule has 0 atom stereocenters. The number of benzene rings is 3. The number of carbonyl (C=O) groups excluding carboxylic acids is 1. The highest BCUT2D eigenvalue weighted by atomic mass is 16.5. The molecule has 28 heavy (non-hydrogen) atoms. The molecule has 0 aliphatic heterocycles. The number of rotatable bonds is 6. The topological polar surface area (TPSA) is 44.8 Å². The molecule has 0 saturated carbocycles. The third-order valence-electron chi connectivity index (χ3n) is 4.30. The molecule has 0 aromatic heterocycles. The van der Waals surface area contributed by atoms with E-state index in [-0.39, 0.29) is 0 Å². The second-order valence-corrected chi connectivity index (χ2v) is 6.25. The van der Waals surface area contributed by atoms with E-state index < -0.39 is 5.97 Å². The van der Waals surface area contributed by atoms with Crippen LogP contribution in [0.2, 0.25) is 0 Å². The first-order valence-corrected chi connectivity index (χ1v) is 8.88. The quantitative estimate of drug-likeness (QED) is 0.334. The average molecular weight is 374 g/mol. The van der Waals surface area contributed by atoms with Crippen molar-refractivity contribution in [3.63, 3.8) is 0 Å². The third kappa shape index (κ3) is 4.80. The maximum Gasteiger partial charge on any atom is 0.336 e. The van der Waals surface area contributed by atoms with Crippen LogP contribution < -0.4 is 14.2 Å². The van der Waals surface area contributed by atoms with Crippen LogP contribution in [0.4, 0.5) is 0 Å². The van der Waals surface area contributed by atoms with E-state index in [1.807, 2.05) is 18.2 Å². The number of hydrogen-bond acceptors (Lipinski definition) is 4. The largest absolute Gasteiger partial charge is 0.497 e. The van der Waals surface area contributed by atoms with Crippen LogP contribution >= 0.6 is 0 Å². The predicted molar refractivity (Wildman–Crippen MR) is 111 cm³/mol. The van der Waals surface area contributed by atoms with Crippen LogP contribution in [0.5, 0.6) is 17.2 Å². The Hall–Kier alpha value is -3.53. The van der Waals surface area contributed by atoms with E-state index in [1.165, 1.54) is 11.6 Å². The van der Waals surface area contributed by atoms with Crippen molar-refractivity contribution in [3.05, 3.63) is 83.9 Å². The Morgan fingerprint density at radius 1 is 0.786 bits per heavy atom. The summed E-state index contributed by atoms with van der Waals surface area (Å²) in [5, 5.41) is 0. The molecule has 3 aromatic rings. The first-order valence-electron chi connectivity index (χ1n) is 8.88. The standard InChI is InChI=1S/C24H22O4/c1-17-4-6-18(7-5-17)19-8-12-21(13-9-19)28-24(25)15-11-20-10-14-22(26-2)16-23(20)27-3/h4-16H,1-3H3/b15-11+. The molecule has 0 fully saturated rings. The average Bonchev–Trinajstić information content (AvgIpc) is 2.73. The summed E-state index contributed by atoms with van der Waals surface area (Å²) < 4.78 is 15.9. The summed E-state index contributed by atoms with van der Waals surface area (Å²) in [4.78, 5) is 12.1. The van der Waals surface area contributed by atoms with Gasteiger partial charge in [0.25, 0.3) is 0 Å². The van der Waals surface area contributed by atoms with E-state index in [0.29, 0.717) is 17.2 Å². The Balaban J connectivity index is 1.66. The first kappa shape index (κ1) is 19.2. The summed E-state index contributed by atoms with van der Waals surface area (Å²) in [5.74, 6) is 1.34. The van der Waals surface area contributed by atoms with Gasteiger partial charge in [-0.3, -0.25) is 0 Å². The zero-order valence-corrected chi connectivity index (χ0v) is 16.1. The molecule has 142 valence electrons. The summed E-state index contributed by atoms with van der Waals surface area (Å²) >= 11 is 0. The molecule has 0 N–H and O–H groups in total. The van der Waals surface area contributed by atoms with Crippen molar-refractivity contribution in [1.82, 2.24) is 0 Å². The van der Waals surface area contributed by atoms with Crippen LogP contribution in [-0.2, 0) is 4.79 Å². The molecule has 3 aromatic carbocycles. The number of ether oxygens (including phenoxy) is 3. The van der Waals surface area contributed by atoms with Crippen LogP contribution in [0, 0.1) is 6.92 Å². The number of esters is 1. The highest BCUT2D eigenvalue weighted by Gasteiger charge is 2.05. The van der Waals surface area contributed by atoms with Gasteiger partial charge in [-0.2, -0.15) is 0 Å². The van der Waals surface area contributed by atoms with Gasteiger partial charge < -0.3 is 14.2 Å². The fourth-order valence-corrected chi connectivity index (χ4v) is 2.73. The van der Waals surface area contributed by atoms with Crippen molar-refractivity contribution < 1.29 is 19.0 Å². The smallest absolute Gasteiger partial charge is 0.336 e. The van der Waals surface area contributed by atoms with E-state index in [4.69, 9.17) is 14.2 Å². The van der Waals surface area contributed by atoms with Gasteiger partial charge in [-0.1, -0.05) is 42.0 Å². The lowest BCUT2D eigenvalue weighted by atomic mass is 10.0. The van der Waals surface area contributed by atoms with Crippen LogP contribution in [-0.4, -0.2) is 20.2 Å².